The number of H-pyrrole nitrogens is 1. The molecule has 3 heterocycles. The van der Waals surface area contributed by atoms with E-state index in [-0.39, 0.29) is 13.2 Å². The fourth-order valence-corrected chi connectivity index (χ4v) is 2.33. The number of ether oxygens (including phenoxy) is 2. The van der Waals surface area contributed by atoms with Crippen LogP contribution in [0.2, 0.25) is 0 Å². The maximum Gasteiger partial charge on any atom is 0.420 e. The van der Waals surface area contributed by atoms with Gasteiger partial charge in [0.2, 0.25) is 0 Å². The Morgan fingerprint density at radius 3 is 2.92 bits per heavy atom. The van der Waals surface area contributed by atoms with Crippen molar-refractivity contribution in [1.29, 1.82) is 0 Å². The molecule has 0 spiro atoms. The molecule has 1 amide bonds. The highest BCUT2D eigenvalue weighted by Gasteiger charge is 2.39. The van der Waals surface area contributed by atoms with E-state index in [1.807, 2.05) is 0 Å². The number of aryl methyl sites for hydroxylation is 1. The number of aromatic nitrogens is 4. The highest BCUT2D eigenvalue weighted by Crippen LogP contribution is 2.30. The van der Waals surface area contributed by atoms with Crippen LogP contribution in [-0.4, -0.2) is 51.2 Å². The van der Waals surface area contributed by atoms with Crippen LogP contribution in [0.15, 0.2) is 18.6 Å². The smallest absolute Gasteiger partial charge is 0.420 e. The van der Waals surface area contributed by atoms with E-state index in [9.17, 15) is 18.0 Å². The van der Waals surface area contributed by atoms with Crippen LogP contribution in [0.5, 0.6) is 5.75 Å². The predicted molar refractivity (Wildman–Crippen MR) is 73.3 cm³/mol. The summed E-state index contributed by atoms with van der Waals surface area (Å²) in [4.78, 5) is 12.1. The monoisotopic (exact) mass is 345 g/mol. The zero-order valence-electron chi connectivity index (χ0n) is 12.5. The fourth-order valence-electron chi connectivity index (χ4n) is 2.33. The number of nitrogens with one attached hydrogen (secondary N) is 2. The molecule has 3 rings (SSSR count). The predicted octanol–water partition coefficient (Wildman–Crippen LogP) is 0.738. The molecule has 2 N–H and O–H groups in total. The molecule has 2 aromatic rings. The summed E-state index contributed by atoms with van der Waals surface area (Å²) in [6.07, 6.45) is -1.50. The Morgan fingerprint density at radius 1 is 1.46 bits per heavy atom. The van der Waals surface area contributed by atoms with E-state index >= 15 is 0 Å². The van der Waals surface area contributed by atoms with Crippen molar-refractivity contribution >= 4 is 5.91 Å². The van der Waals surface area contributed by atoms with E-state index in [0.717, 1.165) is 0 Å². The minimum Gasteiger partial charge on any atom is -0.482 e. The van der Waals surface area contributed by atoms with Gasteiger partial charge in [-0.05, 0) is 0 Å². The van der Waals surface area contributed by atoms with Crippen LogP contribution in [-0.2, 0) is 18.0 Å². The van der Waals surface area contributed by atoms with E-state index in [4.69, 9.17) is 9.47 Å². The Bertz CT molecular complexity index is 727. The van der Waals surface area contributed by atoms with E-state index < -0.39 is 35.5 Å². The van der Waals surface area contributed by atoms with Crippen LogP contribution in [0, 0.1) is 0 Å². The van der Waals surface area contributed by atoms with Crippen molar-refractivity contribution in [2.24, 2.45) is 7.05 Å². The number of nitrogens with zero attached hydrogens (tertiary/aromatic N) is 3. The number of rotatable bonds is 4. The van der Waals surface area contributed by atoms with Gasteiger partial charge in [0.05, 0.1) is 37.8 Å². The number of aromatic amines is 1. The average Bonchev–Trinajstić information content (AvgIpc) is 3.20. The van der Waals surface area contributed by atoms with Gasteiger partial charge in [0.15, 0.2) is 5.75 Å². The summed E-state index contributed by atoms with van der Waals surface area (Å²) in [6.45, 7) is 0.334. The molecule has 1 aliphatic rings. The van der Waals surface area contributed by atoms with Crippen LogP contribution in [0.1, 0.15) is 16.1 Å². The maximum absolute atomic E-state index is 12.8. The largest absolute Gasteiger partial charge is 0.482 e. The summed E-state index contributed by atoms with van der Waals surface area (Å²) >= 11 is 0. The van der Waals surface area contributed by atoms with E-state index in [1.165, 1.54) is 6.20 Å². The first-order chi connectivity index (χ1) is 11.3. The van der Waals surface area contributed by atoms with Gasteiger partial charge >= 0.3 is 6.18 Å². The Balaban J connectivity index is 1.68. The fraction of sp³-hybridized carbons (Fsp3) is 0.462. The van der Waals surface area contributed by atoms with Crippen molar-refractivity contribution in [3.8, 4) is 5.75 Å². The number of hydrogen-bond donors (Lipinski definition) is 2. The van der Waals surface area contributed by atoms with Gasteiger partial charge in [0, 0.05) is 7.05 Å². The lowest BCUT2D eigenvalue weighted by atomic mass is 10.2. The zero-order valence-corrected chi connectivity index (χ0v) is 12.5. The molecule has 2 atom stereocenters. The standard InChI is InChI=1S/C13H14F3N5O3/c1-21-4-7(2-18-21)24-10-6-23-5-9(10)19-12(22)11-8(3-17-20-11)13(14,15)16/h2-4,9-10H,5-6H2,1H3,(H,17,20)(H,19,22)/t9-,10+/m0/s1. The SMILES string of the molecule is Cn1cc(O[C@@H]2COC[C@@H]2NC(=O)c2[nH]ncc2C(F)(F)F)cn1. The van der Waals surface area contributed by atoms with Crippen LogP contribution < -0.4 is 10.1 Å². The molecule has 0 unspecified atom stereocenters. The highest BCUT2D eigenvalue weighted by molar-refractivity contribution is 5.94. The Labute approximate surface area is 133 Å². The second-order valence-electron chi connectivity index (χ2n) is 5.28. The van der Waals surface area contributed by atoms with E-state index in [0.29, 0.717) is 11.9 Å². The second kappa shape index (κ2) is 6.15. The number of carbonyl (C=O) groups excluding carboxylic acids is 1. The van der Waals surface area contributed by atoms with Crippen molar-refractivity contribution in [3.05, 3.63) is 29.8 Å². The van der Waals surface area contributed by atoms with Crippen molar-refractivity contribution in [1.82, 2.24) is 25.3 Å². The zero-order chi connectivity index (χ0) is 17.3. The Morgan fingerprint density at radius 2 is 2.25 bits per heavy atom. The Kier molecular flexibility index (Phi) is 4.18. The number of hydrogen-bond acceptors (Lipinski definition) is 5. The highest BCUT2D eigenvalue weighted by atomic mass is 19.4. The van der Waals surface area contributed by atoms with Crippen molar-refractivity contribution < 1.29 is 27.4 Å². The molecule has 0 bridgehead atoms. The summed E-state index contributed by atoms with van der Waals surface area (Å²) in [7, 11) is 1.72. The number of halogens is 3. The molecule has 0 radical (unpaired) electrons. The summed E-state index contributed by atoms with van der Waals surface area (Å²) in [5.41, 5.74) is -1.77. The molecule has 2 aromatic heterocycles. The van der Waals surface area contributed by atoms with Crippen LogP contribution in [0.3, 0.4) is 0 Å². The van der Waals surface area contributed by atoms with Gasteiger partial charge in [-0.2, -0.15) is 23.4 Å². The third kappa shape index (κ3) is 3.35. The van der Waals surface area contributed by atoms with Crippen molar-refractivity contribution in [3.63, 3.8) is 0 Å². The van der Waals surface area contributed by atoms with Gasteiger partial charge in [-0.3, -0.25) is 14.6 Å². The second-order valence-corrected chi connectivity index (χ2v) is 5.28. The first kappa shape index (κ1) is 16.3. The molecule has 130 valence electrons. The summed E-state index contributed by atoms with van der Waals surface area (Å²) < 4.78 is 50.9. The quantitative estimate of drug-likeness (QED) is 0.852. The molecular weight excluding hydrogens is 331 g/mol. The minimum absolute atomic E-state index is 0.131. The van der Waals surface area contributed by atoms with E-state index in [2.05, 4.69) is 20.6 Å². The van der Waals surface area contributed by atoms with Crippen LogP contribution >= 0.6 is 0 Å². The first-order valence-electron chi connectivity index (χ1n) is 6.99. The molecule has 24 heavy (non-hydrogen) atoms. The van der Waals surface area contributed by atoms with Gasteiger partial charge in [-0.25, -0.2) is 0 Å². The minimum atomic E-state index is -4.67. The topological polar surface area (TPSA) is 94.1 Å². The van der Waals surface area contributed by atoms with Gasteiger partial charge in [-0.1, -0.05) is 0 Å². The molecule has 0 aromatic carbocycles. The lowest BCUT2D eigenvalue weighted by molar-refractivity contribution is -0.137. The van der Waals surface area contributed by atoms with Gasteiger partial charge in [0.1, 0.15) is 17.4 Å². The van der Waals surface area contributed by atoms with Crippen LogP contribution in [0.4, 0.5) is 13.2 Å². The summed E-state index contributed by atoms with van der Waals surface area (Å²) in [6, 6.07) is -0.595. The molecule has 1 saturated heterocycles. The van der Waals surface area contributed by atoms with Gasteiger partial charge in [-0.15, -0.1) is 0 Å². The lowest BCUT2D eigenvalue weighted by Crippen LogP contribution is -2.45. The third-order valence-corrected chi connectivity index (χ3v) is 3.49. The summed E-state index contributed by atoms with van der Waals surface area (Å²) in [5, 5.41) is 11.8. The molecule has 1 fully saturated rings. The molecule has 0 saturated carbocycles. The van der Waals surface area contributed by atoms with E-state index in [1.54, 1.807) is 17.9 Å². The maximum atomic E-state index is 12.8. The van der Waals surface area contributed by atoms with Gasteiger partial charge in [0.25, 0.3) is 5.91 Å². The summed E-state index contributed by atoms with van der Waals surface area (Å²) in [5.74, 6) is -0.445. The van der Waals surface area contributed by atoms with Crippen molar-refractivity contribution in [2.45, 2.75) is 18.3 Å². The molecule has 1 aliphatic heterocycles. The molecule has 0 aliphatic carbocycles. The lowest BCUT2D eigenvalue weighted by Gasteiger charge is -2.19. The number of alkyl halides is 3. The van der Waals surface area contributed by atoms with Crippen LogP contribution in [0.25, 0.3) is 0 Å². The average molecular weight is 345 g/mol. The number of amides is 1. The molecule has 11 heteroatoms. The number of carbonyl (C=O) groups is 1. The first-order valence-corrected chi connectivity index (χ1v) is 6.99. The molecule has 8 nitrogen and oxygen atoms in total. The Hall–Kier alpha value is -2.56. The third-order valence-electron chi connectivity index (χ3n) is 3.49. The molecular formula is C13H14F3N5O3. The van der Waals surface area contributed by atoms with Gasteiger partial charge < -0.3 is 14.8 Å². The van der Waals surface area contributed by atoms with Crippen molar-refractivity contribution in [2.75, 3.05) is 13.2 Å². The normalized spacial score (nSPS) is 21.0.